The third-order valence-corrected chi connectivity index (χ3v) is 24.5. The van der Waals surface area contributed by atoms with Crippen LogP contribution >= 0.6 is 0 Å². The van der Waals surface area contributed by atoms with Gasteiger partial charge in [0.15, 0.2) is 31.0 Å². The molecule has 10 aromatic carbocycles. The highest BCUT2D eigenvalue weighted by molar-refractivity contribution is 5.81. The lowest BCUT2D eigenvalue weighted by molar-refractivity contribution is -0.660. The summed E-state index contributed by atoms with van der Waals surface area (Å²) in [5, 5.41) is 0. The molecule has 0 atom stereocenters. The highest BCUT2D eigenvalue weighted by atomic mass is 14.9. The van der Waals surface area contributed by atoms with Crippen molar-refractivity contribution in [2.45, 2.75) is 178 Å². The van der Waals surface area contributed by atoms with Crippen molar-refractivity contribution in [2.75, 3.05) is 0 Å². The number of pyridine rings is 5. The van der Waals surface area contributed by atoms with Gasteiger partial charge in [-0.1, -0.05) is 224 Å². The van der Waals surface area contributed by atoms with Gasteiger partial charge < -0.3 is 0 Å². The Labute approximate surface area is 739 Å². The summed E-state index contributed by atoms with van der Waals surface area (Å²) in [6.07, 6.45) is 13.3. The molecule has 15 aromatic rings. The minimum atomic E-state index is 0.277. The van der Waals surface area contributed by atoms with Crippen LogP contribution in [0.15, 0.2) is 280 Å². The van der Waals surface area contributed by atoms with Gasteiger partial charge in [-0.15, -0.1) is 0 Å². The van der Waals surface area contributed by atoms with Crippen molar-refractivity contribution in [1.82, 2.24) is 0 Å². The second-order valence-electron chi connectivity index (χ2n) is 36.9. The van der Waals surface area contributed by atoms with Crippen LogP contribution in [0.25, 0.3) is 112 Å². The monoisotopic (exact) mass is 1620 g/mol. The smallest absolute Gasteiger partial charge is 0.201 e. The summed E-state index contributed by atoms with van der Waals surface area (Å²) < 4.78 is 11.2. The van der Waals surface area contributed by atoms with E-state index in [9.17, 15) is 0 Å². The van der Waals surface area contributed by atoms with Crippen LogP contribution in [0.3, 0.4) is 0 Å². The van der Waals surface area contributed by atoms with E-state index < -0.39 is 0 Å². The Morgan fingerprint density at radius 1 is 0.228 bits per heavy atom. The molecular formula is C118H136N5+5. The van der Waals surface area contributed by atoms with Crippen LogP contribution in [-0.2, 0) is 48.1 Å². The van der Waals surface area contributed by atoms with Crippen LogP contribution in [0, 0.1) is 122 Å². The molecule has 5 heterocycles. The molecular weight excluding hydrogens is 1490 g/mol. The fourth-order valence-corrected chi connectivity index (χ4v) is 17.8. The average Bonchev–Trinajstić information content (AvgIpc) is 0.793. The molecule has 0 spiro atoms. The summed E-state index contributed by atoms with van der Waals surface area (Å²) in [7, 11) is 10.7. The van der Waals surface area contributed by atoms with Gasteiger partial charge >= 0.3 is 0 Å². The standard InChI is InChI=1S/C26H32N.C25H30N.C24H28N.C22H24N.C21H22N/c1-18-13-19(2)24(15-23(18)21-11-9-8-10-12-21)25-14-22(16-26(4,5)6)20(3)17-27(25)7;1-17(2)12-22-14-25(26(6)16-20(22)5)24-15-23(18(3)13-19(24)4)21-10-8-7-9-11-21;1-16(2)21-14-24(25(6)15-19(21)5)23-13-22(17(3)12-18(23)4)20-10-8-7-9-11-20;1-15-12-22(23(5)14-18(15)4)21-13-20(16(2)11-17(21)3)19-9-7-6-8-10-19;1-15-9-5-6-10-18(15)19-14-20(17(3)13-16(19)2)21-11-7-8-12-22(21)4/h8-15,17H,16H2,1-7H3;7-11,13-17H,12H2,1-6H3;7-16H,1-6H3;6-14H,1-5H3;5-14H,1-4H3/q5*+1. The topological polar surface area (TPSA) is 19.4 Å². The third kappa shape index (κ3) is 22.4. The maximum Gasteiger partial charge on any atom is 0.212 e. The second kappa shape index (κ2) is 40.3. The van der Waals surface area contributed by atoms with Gasteiger partial charge in [-0.2, -0.15) is 0 Å². The van der Waals surface area contributed by atoms with Gasteiger partial charge in [0.25, 0.3) is 0 Å². The minimum Gasteiger partial charge on any atom is -0.201 e. The molecule has 0 amide bonds. The van der Waals surface area contributed by atoms with E-state index in [-0.39, 0.29) is 5.41 Å². The van der Waals surface area contributed by atoms with Crippen molar-refractivity contribution in [2.24, 2.45) is 46.6 Å². The molecule has 0 bridgehead atoms. The minimum absolute atomic E-state index is 0.277. The molecule has 0 aliphatic heterocycles. The molecule has 0 fully saturated rings. The Morgan fingerprint density at radius 3 is 0.894 bits per heavy atom. The van der Waals surface area contributed by atoms with Crippen LogP contribution < -0.4 is 22.8 Å². The first-order chi connectivity index (χ1) is 58.4. The van der Waals surface area contributed by atoms with E-state index in [2.05, 4.69) is 497 Å². The quantitative estimate of drug-likeness (QED) is 0.0967. The Kier molecular flexibility index (Phi) is 30.0. The molecule has 5 nitrogen and oxygen atoms in total. The zero-order valence-electron chi connectivity index (χ0n) is 79.4. The zero-order valence-corrected chi connectivity index (χ0v) is 79.4. The normalized spacial score (nSPS) is 11.1. The van der Waals surface area contributed by atoms with Gasteiger partial charge in [0.1, 0.15) is 35.2 Å². The predicted octanol–water partition coefficient (Wildman–Crippen LogP) is 28.1. The van der Waals surface area contributed by atoms with E-state index in [4.69, 9.17) is 0 Å². The van der Waals surface area contributed by atoms with Crippen molar-refractivity contribution >= 4 is 0 Å². The molecule has 0 aliphatic rings. The number of benzene rings is 10. The van der Waals surface area contributed by atoms with Crippen molar-refractivity contribution in [3.63, 3.8) is 0 Å². The summed E-state index contributed by atoms with van der Waals surface area (Å²) in [6.45, 7) is 51.3. The number of hydrogen-bond acceptors (Lipinski definition) is 0. The first-order valence-corrected chi connectivity index (χ1v) is 44.2. The van der Waals surface area contributed by atoms with Crippen molar-refractivity contribution in [1.29, 1.82) is 0 Å². The third-order valence-electron chi connectivity index (χ3n) is 24.5. The zero-order chi connectivity index (χ0) is 89.0. The molecule has 0 N–H and O–H groups in total. The number of aromatic nitrogens is 5. The molecule has 0 radical (unpaired) electrons. The second-order valence-corrected chi connectivity index (χ2v) is 36.9. The van der Waals surface area contributed by atoms with E-state index in [1.165, 1.54) is 218 Å². The van der Waals surface area contributed by atoms with Gasteiger partial charge in [0.05, 0.1) is 0 Å². The van der Waals surface area contributed by atoms with Crippen LogP contribution in [-0.4, -0.2) is 0 Å². The van der Waals surface area contributed by atoms with Crippen LogP contribution in [0.2, 0.25) is 0 Å². The van der Waals surface area contributed by atoms with Crippen LogP contribution in [0.5, 0.6) is 0 Å². The summed E-state index contributed by atoms with van der Waals surface area (Å²) >= 11 is 0. The molecule has 0 unspecified atom stereocenters. The van der Waals surface area contributed by atoms with Gasteiger partial charge in [-0.25, -0.2) is 22.8 Å². The summed E-state index contributed by atoms with van der Waals surface area (Å²) in [6, 6.07) is 90.4. The average molecular weight is 1620 g/mol. The van der Waals surface area contributed by atoms with Gasteiger partial charge in [0, 0.05) is 86.5 Å². The fraction of sp³-hybridized carbons (Fsp3) is 0.280. The predicted molar refractivity (Wildman–Crippen MR) is 524 cm³/mol. The molecule has 123 heavy (non-hydrogen) atoms. The summed E-state index contributed by atoms with van der Waals surface area (Å²) in [4.78, 5) is 0. The summed E-state index contributed by atoms with van der Waals surface area (Å²) in [5.74, 6) is 1.19. The highest BCUT2D eigenvalue weighted by Gasteiger charge is 2.26. The molecule has 5 aromatic heterocycles. The van der Waals surface area contributed by atoms with E-state index in [1.54, 1.807) is 0 Å². The van der Waals surface area contributed by atoms with Gasteiger partial charge in [0.2, 0.25) is 28.5 Å². The molecule has 15 rings (SSSR count). The van der Waals surface area contributed by atoms with E-state index in [0.717, 1.165) is 12.8 Å². The number of rotatable bonds is 14. The Bertz CT molecular complexity index is 6180. The first-order valence-electron chi connectivity index (χ1n) is 44.2. The SMILES string of the molecule is Cc1c[n+](C)c(-c2cc(-c3ccccc3)c(C)cc2C)cc1CC(C)(C)C.Cc1c[n+](C)c(-c2cc(-c3ccccc3)c(C)cc2C)cc1CC(C)C.Cc1cc(-c2cc(-c3ccccc3)c(C)cc2C)[n+](C)cc1C.Cc1cc(C)c(-c2cc(C(C)C)c(C)c[n+]2C)cc1-c1ccccc1.Cc1ccccc1-c1cc(-c2cccc[n+]2C)c(C)cc1C. The number of hydrogen-bond donors (Lipinski definition) is 0. The number of aryl methyl sites for hydroxylation is 21. The lowest BCUT2D eigenvalue weighted by Gasteiger charge is -2.20. The molecule has 0 saturated carbocycles. The van der Waals surface area contributed by atoms with E-state index in [1.807, 2.05) is 0 Å². The molecule has 0 aliphatic carbocycles. The number of nitrogens with zero attached hydrogens (tertiary/aromatic N) is 5. The molecule has 0 saturated heterocycles. The highest BCUT2D eigenvalue weighted by Crippen LogP contribution is 2.39. The van der Waals surface area contributed by atoms with Crippen molar-refractivity contribution in [3.8, 4) is 112 Å². The van der Waals surface area contributed by atoms with E-state index in [0.29, 0.717) is 11.8 Å². The maximum absolute atomic E-state index is 2.40. The van der Waals surface area contributed by atoms with Gasteiger partial charge in [-0.3, -0.25) is 0 Å². The van der Waals surface area contributed by atoms with E-state index >= 15 is 0 Å². The summed E-state index contributed by atoms with van der Waals surface area (Å²) in [5.41, 5.74) is 51.9. The van der Waals surface area contributed by atoms with Crippen LogP contribution in [0.1, 0.15) is 160 Å². The lowest BCUT2D eigenvalue weighted by atomic mass is 9.86. The Balaban J connectivity index is 0.000000150. The lowest BCUT2D eigenvalue weighted by Crippen LogP contribution is -2.32. The first kappa shape index (κ1) is 91.7. The fourth-order valence-electron chi connectivity index (χ4n) is 17.8. The van der Waals surface area contributed by atoms with Crippen molar-refractivity contribution in [3.05, 3.63) is 385 Å². The molecule has 5 heteroatoms. The Morgan fingerprint density at radius 2 is 0.528 bits per heavy atom. The Hall–Kier alpha value is -12.1. The molecule has 628 valence electrons. The maximum atomic E-state index is 2.40. The van der Waals surface area contributed by atoms with Gasteiger partial charge in [-0.05, 0) is 316 Å². The largest absolute Gasteiger partial charge is 0.212 e. The van der Waals surface area contributed by atoms with Crippen molar-refractivity contribution < 1.29 is 22.8 Å². The van der Waals surface area contributed by atoms with Crippen LogP contribution in [0.4, 0.5) is 0 Å².